The van der Waals surface area contributed by atoms with Gasteiger partial charge >= 0.3 is 5.97 Å². The van der Waals surface area contributed by atoms with E-state index < -0.39 is 12.0 Å². The molecule has 3 rings (SSSR count). The molecular formula is C14H21NO4. The lowest BCUT2D eigenvalue weighted by Gasteiger charge is -2.24. The molecule has 0 radical (unpaired) electrons. The number of rotatable bonds is 5. The molecule has 2 saturated carbocycles. The number of carboxylic acids is 1. The third kappa shape index (κ3) is 2.61. The molecule has 0 aromatic carbocycles. The van der Waals surface area contributed by atoms with Crippen LogP contribution >= 0.6 is 0 Å². The van der Waals surface area contributed by atoms with Gasteiger partial charge in [0.25, 0.3) is 0 Å². The van der Waals surface area contributed by atoms with Crippen molar-refractivity contribution < 1.29 is 19.4 Å². The highest BCUT2D eigenvalue weighted by atomic mass is 16.5. The van der Waals surface area contributed by atoms with Crippen molar-refractivity contribution >= 4 is 11.9 Å². The predicted octanol–water partition coefficient (Wildman–Crippen LogP) is 1.12. The maximum absolute atomic E-state index is 12.1. The van der Waals surface area contributed by atoms with Crippen LogP contribution in [0.15, 0.2) is 0 Å². The molecule has 1 saturated heterocycles. The van der Waals surface area contributed by atoms with Crippen LogP contribution in [-0.2, 0) is 14.3 Å². The van der Waals surface area contributed by atoms with Gasteiger partial charge in [-0.25, -0.2) is 4.79 Å². The van der Waals surface area contributed by atoms with Gasteiger partial charge in [-0.2, -0.15) is 0 Å². The lowest BCUT2D eigenvalue weighted by molar-refractivity contribution is -0.151. The smallest absolute Gasteiger partial charge is 0.326 e. The number of hydrogen-bond donors (Lipinski definition) is 1. The van der Waals surface area contributed by atoms with Gasteiger partial charge in [-0.1, -0.05) is 6.42 Å². The summed E-state index contributed by atoms with van der Waals surface area (Å²) in [5, 5.41) is 9.37. The molecule has 0 aromatic rings. The van der Waals surface area contributed by atoms with E-state index in [0.717, 1.165) is 19.3 Å². The summed E-state index contributed by atoms with van der Waals surface area (Å²) >= 11 is 0. The first-order valence-electron chi connectivity index (χ1n) is 7.27. The quantitative estimate of drug-likeness (QED) is 0.810. The molecular weight excluding hydrogens is 246 g/mol. The SMILES string of the molecule is O=C(O)C1C2CCCC2CN1C(=O)COCC1CC1. The number of nitrogens with zero attached hydrogens (tertiary/aromatic N) is 1. The van der Waals surface area contributed by atoms with Gasteiger partial charge in [0.2, 0.25) is 5.91 Å². The van der Waals surface area contributed by atoms with Crippen LogP contribution in [0.25, 0.3) is 0 Å². The summed E-state index contributed by atoms with van der Waals surface area (Å²) in [6.07, 6.45) is 5.48. The predicted molar refractivity (Wildman–Crippen MR) is 67.5 cm³/mol. The molecule has 0 bridgehead atoms. The molecule has 1 aliphatic heterocycles. The van der Waals surface area contributed by atoms with Crippen molar-refractivity contribution in [1.82, 2.24) is 4.90 Å². The first-order chi connectivity index (χ1) is 9.16. The third-order valence-corrected chi connectivity index (χ3v) is 4.74. The van der Waals surface area contributed by atoms with Crippen molar-refractivity contribution in [3.05, 3.63) is 0 Å². The Morgan fingerprint density at radius 1 is 1.21 bits per heavy atom. The molecule has 5 nitrogen and oxygen atoms in total. The first kappa shape index (κ1) is 12.9. The molecule has 0 spiro atoms. The van der Waals surface area contributed by atoms with Crippen molar-refractivity contribution in [2.24, 2.45) is 17.8 Å². The van der Waals surface area contributed by atoms with E-state index in [1.165, 1.54) is 12.8 Å². The van der Waals surface area contributed by atoms with E-state index in [2.05, 4.69) is 0 Å². The number of carboxylic acid groups (broad SMARTS) is 1. The summed E-state index contributed by atoms with van der Waals surface area (Å²) in [5.41, 5.74) is 0. The standard InChI is InChI=1S/C14H21NO4/c16-12(8-19-7-9-4-5-9)15-6-10-2-1-3-11(10)13(15)14(17)18/h9-11,13H,1-8H2,(H,17,18). The summed E-state index contributed by atoms with van der Waals surface area (Å²) < 4.78 is 5.40. The van der Waals surface area contributed by atoms with Gasteiger partial charge in [-0.05, 0) is 43.4 Å². The fourth-order valence-electron chi connectivity index (χ4n) is 3.56. The number of likely N-dealkylation sites (tertiary alicyclic amines) is 1. The van der Waals surface area contributed by atoms with Crippen LogP contribution in [0, 0.1) is 17.8 Å². The van der Waals surface area contributed by atoms with Gasteiger partial charge in [-0.15, -0.1) is 0 Å². The molecule has 0 aromatic heterocycles. The second-order valence-electron chi connectivity index (χ2n) is 6.14. The highest BCUT2D eigenvalue weighted by Crippen LogP contribution is 2.42. The Hall–Kier alpha value is -1.10. The van der Waals surface area contributed by atoms with E-state index in [0.29, 0.717) is 25.0 Å². The van der Waals surface area contributed by atoms with Gasteiger partial charge in [-0.3, -0.25) is 4.79 Å². The van der Waals surface area contributed by atoms with Gasteiger partial charge in [0.1, 0.15) is 12.6 Å². The number of carbonyl (C=O) groups is 2. The molecule has 3 unspecified atom stereocenters. The summed E-state index contributed by atoms with van der Waals surface area (Å²) in [4.78, 5) is 25.1. The third-order valence-electron chi connectivity index (χ3n) is 4.74. The number of aliphatic carboxylic acids is 1. The first-order valence-corrected chi connectivity index (χ1v) is 7.27. The van der Waals surface area contributed by atoms with Crippen molar-refractivity contribution in [1.29, 1.82) is 0 Å². The Morgan fingerprint density at radius 2 is 2.00 bits per heavy atom. The van der Waals surface area contributed by atoms with E-state index in [4.69, 9.17) is 4.74 Å². The highest BCUT2D eigenvalue weighted by Gasteiger charge is 2.49. The Kier molecular flexibility index (Phi) is 3.48. The lowest BCUT2D eigenvalue weighted by atomic mass is 9.94. The van der Waals surface area contributed by atoms with E-state index in [1.54, 1.807) is 4.90 Å². The molecule has 19 heavy (non-hydrogen) atoms. The van der Waals surface area contributed by atoms with E-state index in [9.17, 15) is 14.7 Å². The Balaban J connectivity index is 1.58. The van der Waals surface area contributed by atoms with Gasteiger partial charge in [0, 0.05) is 6.54 Å². The van der Waals surface area contributed by atoms with Crippen LogP contribution in [-0.4, -0.2) is 47.7 Å². The summed E-state index contributed by atoms with van der Waals surface area (Å²) in [6, 6.07) is -0.621. The van der Waals surface area contributed by atoms with Crippen molar-refractivity contribution in [2.45, 2.75) is 38.1 Å². The average molecular weight is 267 g/mol. The fraction of sp³-hybridized carbons (Fsp3) is 0.857. The van der Waals surface area contributed by atoms with Gasteiger partial charge in [0.05, 0.1) is 6.61 Å². The molecule has 1 N–H and O–H groups in total. The van der Waals surface area contributed by atoms with Crippen LogP contribution < -0.4 is 0 Å². The van der Waals surface area contributed by atoms with E-state index >= 15 is 0 Å². The molecule has 3 aliphatic rings. The molecule has 3 atom stereocenters. The maximum Gasteiger partial charge on any atom is 0.326 e. The van der Waals surface area contributed by atoms with Crippen molar-refractivity contribution in [3.63, 3.8) is 0 Å². The second-order valence-corrected chi connectivity index (χ2v) is 6.14. The number of carbonyl (C=O) groups excluding carboxylic acids is 1. The average Bonchev–Trinajstić information content (AvgIpc) is 2.94. The largest absolute Gasteiger partial charge is 0.480 e. The second kappa shape index (κ2) is 5.12. The summed E-state index contributed by atoms with van der Waals surface area (Å²) in [7, 11) is 0. The van der Waals surface area contributed by atoms with Gasteiger partial charge in [0.15, 0.2) is 0 Å². The van der Waals surface area contributed by atoms with Crippen LogP contribution in [0.4, 0.5) is 0 Å². The summed E-state index contributed by atoms with van der Waals surface area (Å²) in [6.45, 7) is 1.29. The normalized spacial score (nSPS) is 33.5. The topological polar surface area (TPSA) is 66.8 Å². The Labute approximate surface area is 112 Å². The Bertz CT molecular complexity index is 380. The number of hydrogen-bond acceptors (Lipinski definition) is 3. The zero-order valence-corrected chi connectivity index (χ0v) is 11.1. The van der Waals surface area contributed by atoms with Crippen LogP contribution in [0.3, 0.4) is 0 Å². The molecule has 1 amide bonds. The molecule has 3 fully saturated rings. The Morgan fingerprint density at radius 3 is 2.68 bits per heavy atom. The van der Waals surface area contributed by atoms with Crippen LogP contribution in [0.2, 0.25) is 0 Å². The fourth-order valence-corrected chi connectivity index (χ4v) is 3.56. The van der Waals surface area contributed by atoms with Crippen molar-refractivity contribution in [3.8, 4) is 0 Å². The van der Waals surface area contributed by atoms with E-state index in [1.807, 2.05) is 0 Å². The minimum absolute atomic E-state index is 0.0414. The monoisotopic (exact) mass is 267 g/mol. The van der Waals surface area contributed by atoms with E-state index in [-0.39, 0.29) is 18.4 Å². The zero-order chi connectivity index (χ0) is 13.4. The molecule has 106 valence electrons. The minimum atomic E-state index is -0.857. The molecule has 1 heterocycles. The van der Waals surface area contributed by atoms with Gasteiger partial charge < -0.3 is 14.7 Å². The number of ether oxygens (including phenoxy) is 1. The highest BCUT2D eigenvalue weighted by molar-refractivity contribution is 5.85. The van der Waals surface area contributed by atoms with Crippen LogP contribution in [0.5, 0.6) is 0 Å². The number of amides is 1. The van der Waals surface area contributed by atoms with Crippen molar-refractivity contribution in [2.75, 3.05) is 19.8 Å². The number of fused-ring (bicyclic) bond motifs is 1. The zero-order valence-electron chi connectivity index (χ0n) is 11.1. The summed E-state index contributed by atoms with van der Waals surface area (Å²) in [5.74, 6) is 0.159. The maximum atomic E-state index is 12.1. The molecule has 5 heteroatoms. The minimum Gasteiger partial charge on any atom is -0.480 e. The lowest BCUT2D eigenvalue weighted by Crippen LogP contribution is -2.44. The van der Waals surface area contributed by atoms with Crippen LogP contribution in [0.1, 0.15) is 32.1 Å². The molecule has 2 aliphatic carbocycles.